The molecule has 48 heavy (non-hydrogen) atoms. The molecule has 2 aliphatic rings. The van der Waals surface area contributed by atoms with Crippen molar-refractivity contribution in [3.05, 3.63) is 121 Å². The van der Waals surface area contributed by atoms with Gasteiger partial charge in [0.15, 0.2) is 0 Å². The Morgan fingerprint density at radius 1 is 1.04 bits per heavy atom. The van der Waals surface area contributed by atoms with Crippen molar-refractivity contribution in [3.63, 3.8) is 0 Å². The third-order valence-corrected chi connectivity index (χ3v) is 9.14. The Labute approximate surface area is 272 Å². The van der Waals surface area contributed by atoms with Crippen LogP contribution in [0.25, 0.3) is 0 Å². The zero-order valence-electron chi connectivity index (χ0n) is 26.4. The number of likely N-dealkylation sites (tertiary alicyclic amines) is 1. The second kappa shape index (κ2) is 12.8. The van der Waals surface area contributed by atoms with Crippen molar-refractivity contribution in [2.75, 3.05) is 18.4 Å². The monoisotopic (exact) mass is 669 g/mol. The van der Waals surface area contributed by atoms with E-state index in [1.165, 1.54) is 23.6 Å². The predicted molar refractivity (Wildman–Crippen MR) is 168 cm³/mol. The number of amides is 1. The van der Waals surface area contributed by atoms with E-state index in [1.807, 2.05) is 4.90 Å². The number of carbonyl (C=O) groups excluding carboxylic acids is 1. The van der Waals surface area contributed by atoms with Crippen LogP contribution in [0.3, 0.4) is 0 Å². The van der Waals surface area contributed by atoms with Crippen molar-refractivity contribution < 1.29 is 31.5 Å². The van der Waals surface area contributed by atoms with Gasteiger partial charge >= 0.3 is 11.9 Å². The highest BCUT2D eigenvalue weighted by atomic mass is 19.4. The van der Waals surface area contributed by atoms with Crippen molar-refractivity contribution in [2.24, 2.45) is 5.73 Å². The minimum atomic E-state index is -4.58. The number of carbonyl (C=O) groups is 1. The number of aromatic nitrogens is 2. The Balaban J connectivity index is 1.35. The van der Waals surface area contributed by atoms with Crippen LogP contribution in [0.5, 0.6) is 0 Å². The topological polar surface area (TPSA) is 125 Å². The summed E-state index contributed by atoms with van der Waals surface area (Å²) in [5.74, 6) is -1.66. The van der Waals surface area contributed by atoms with Crippen molar-refractivity contribution in [1.82, 2.24) is 14.0 Å². The van der Waals surface area contributed by atoms with Gasteiger partial charge in [0, 0.05) is 37.3 Å². The quantitative estimate of drug-likeness (QED) is 0.259. The summed E-state index contributed by atoms with van der Waals surface area (Å²) in [4.78, 5) is 41.9. The van der Waals surface area contributed by atoms with Crippen LogP contribution in [0.2, 0.25) is 0 Å². The minimum Gasteiger partial charge on any atom is -0.455 e. The number of alkyl halides is 3. The Kier molecular flexibility index (Phi) is 8.92. The molecular weight excluding hydrogens is 634 g/mol. The van der Waals surface area contributed by atoms with Crippen molar-refractivity contribution >= 4 is 11.6 Å². The first-order chi connectivity index (χ1) is 22.8. The number of fused-ring (bicyclic) bond motifs is 2. The molecule has 4 heterocycles. The summed E-state index contributed by atoms with van der Waals surface area (Å²) in [6.45, 7) is 3.62. The minimum absolute atomic E-state index is 0.0495. The lowest BCUT2D eigenvalue weighted by Gasteiger charge is -2.38. The standard InChI is InChI=1S/C34H35F4N5O5/c1-20-5-3-8-26(35)25(20)17-42-28-19-47-33(11-13-41(14-12-33)16-24-9-10-29(48-24)34(36,37)38)30(28)31(45)43(32(42)46)18-27(39)22-6-4-7-23(15-22)40-21(2)44/h3-10,15,27H,11-14,16-19,39H2,1-2H3,(H,40,44). The highest BCUT2D eigenvalue weighted by molar-refractivity contribution is 5.88. The van der Waals surface area contributed by atoms with Gasteiger partial charge in [0.1, 0.15) is 17.2 Å². The molecule has 2 aliphatic heterocycles. The Morgan fingerprint density at radius 3 is 2.44 bits per heavy atom. The number of piperidine rings is 1. The molecule has 1 atom stereocenters. The van der Waals surface area contributed by atoms with E-state index in [9.17, 15) is 27.6 Å². The number of nitrogens with two attached hydrogens (primary N) is 1. The van der Waals surface area contributed by atoms with Crippen LogP contribution in [-0.2, 0) is 47.5 Å². The molecule has 0 saturated carbocycles. The molecule has 254 valence electrons. The fourth-order valence-corrected chi connectivity index (χ4v) is 6.63. The van der Waals surface area contributed by atoms with Crippen LogP contribution >= 0.6 is 0 Å². The molecule has 1 spiro atoms. The van der Waals surface area contributed by atoms with E-state index in [-0.39, 0.29) is 37.9 Å². The lowest BCUT2D eigenvalue weighted by Crippen LogP contribution is -2.49. The number of benzene rings is 2. The molecular formula is C34H35F4N5O5. The number of halogens is 4. The molecule has 0 aliphatic carbocycles. The number of nitrogens with one attached hydrogen (secondary N) is 1. The number of rotatable bonds is 8. The maximum atomic E-state index is 15.1. The first kappa shape index (κ1) is 33.4. The molecule has 6 rings (SSSR count). The number of nitrogens with zero attached hydrogens (tertiary/aromatic N) is 3. The van der Waals surface area contributed by atoms with Gasteiger partial charge in [-0.3, -0.25) is 23.6 Å². The Hall–Kier alpha value is -4.53. The molecule has 3 N–H and O–H groups in total. The number of hydrogen-bond acceptors (Lipinski definition) is 7. The van der Waals surface area contributed by atoms with E-state index < -0.39 is 40.6 Å². The van der Waals surface area contributed by atoms with E-state index in [4.69, 9.17) is 14.9 Å². The number of furan rings is 1. The first-order valence-corrected chi connectivity index (χ1v) is 15.5. The van der Waals surface area contributed by atoms with Gasteiger partial charge in [-0.1, -0.05) is 24.3 Å². The molecule has 1 unspecified atom stereocenters. The molecule has 4 aromatic rings. The molecule has 1 saturated heterocycles. The van der Waals surface area contributed by atoms with Crippen LogP contribution in [0.4, 0.5) is 23.2 Å². The van der Waals surface area contributed by atoms with E-state index in [2.05, 4.69) is 5.32 Å². The van der Waals surface area contributed by atoms with Crippen LogP contribution in [0.15, 0.2) is 68.6 Å². The normalized spacial score (nSPS) is 16.6. The summed E-state index contributed by atoms with van der Waals surface area (Å²) in [5, 5.41) is 2.69. The predicted octanol–water partition coefficient (Wildman–Crippen LogP) is 4.80. The highest BCUT2D eigenvalue weighted by Crippen LogP contribution is 2.43. The third-order valence-electron chi connectivity index (χ3n) is 9.14. The van der Waals surface area contributed by atoms with Crippen LogP contribution in [0, 0.1) is 12.7 Å². The largest absolute Gasteiger partial charge is 0.455 e. The number of ether oxygens (including phenoxy) is 1. The van der Waals surface area contributed by atoms with Crippen molar-refractivity contribution in [2.45, 2.75) is 70.7 Å². The molecule has 2 aromatic carbocycles. The lowest BCUT2D eigenvalue weighted by molar-refractivity contribution is -0.153. The smallest absolute Gasteiger partial charge is 0.449 e. The molecule has 1 amide bonds. The second-order valence-corrected chi connectivity index (χ2v) is 12.4. The maximum absolute atomic E-state index is 15.1. The SMILES string of the molecule is CC(=O)Nc1cccc(C(N)Cn2c(=O)c3c(n(Cc4c(C)cccc4F)c2=O)COC32CCN(Cc3ccc(C(F)(F)F)o3)CC2)c1. The number of anilines is 1. The summed E-state index contributed by atoms with van der Waals surface area (Å²) < 4.78 is 68.0. The lowest BCUT2D eigenvalue weighted by atomic mass is 9.85. The summed E-state index contributed by atoms with van der Waals surface area (Å²) in [6, 6.07) is 12.8. The van der Waals surface area contributed by atoms with Gasteiger partial charge in [-0.2, -0.15) is 13.2 Å². The van der Waals surface area contributed by atoms with E-state index in [0.29, 0.717) is 59.6 Å². The van der Waals surface area contributed by atoms with Gasteiger partial charge in [-0.05, 0) is 61.2 Å². The summed E-state index contributed by atoms with van der Waals surface area (Å²) in [6.07, 6.45) is -3.94. The molecule has 14 heteroatoms. The average Bonchev–Trinajstić information content (AvgIpc) is 3.65. The summed E-state index contributed by atoms with van der Waals surface area (Å²) in [7, 11) is 0. The third kappa shape index (κ3) is 6.47. The van der Waals surface area contributed by atoms with Crippen LogP contribution < -0.4 is 22.3 Å². The van der Waals surface area contributed by atoms with Crippen LogP contribution in [-0.4, -0.2) is 33.0 Å². The maximum Gasteiger partial charge on any atom is 0.449 e. The average molecular weight is 670 g/mol. The van der Waals surface area contributed by atoms with E-state index in [0.717, 1.165) is 10.6 Å². The zero-order valence-corrected chi connectivity index (χ0v) is 26.4. The molecule has 0 bridgehead atoms. The molecule has 0 radical (unpaired) electrons. The fraction of sp³-hybridized carbons (Fsp3) is 0.382. The van der Waals surface area contributed by atoms with Gasteiger partial charge in [-0.15, -0.1) is 0 Å². The second-order valence-electron chi connectivity index (χ2n) is 12.4. The van der Waals surface area contributed by atoms with E-state index >= 15 is 4.39 Å². The van der Waals surface area contributed by atoms with Crippen molar-refractivity contribution in [1.29, 1.82) is 0 Å². The van der Waals surface area contributed by atoms with Gasteiger partial charge in [0.2, 0.25) is 11.7 Å². The van der Waals surface area contributed by atoms with Gasteiger partial charge in [0.05, 0.1) is 37.5 Å². The molecule has 10 nitrogen and oxygen atoms in total. The summed E-state index contributed by atoms with van der Waals surface area (Å²) >= 11 is 0. The van der Waals surface area contributed by atoms with Crippen LogP contribution in [0.1, 0.15) is 65.3 Å². The van der Waals surface area contributed by atoms with Gasteiger partial charge in [0.25, 0.3) is 5.56 Å². The van der Waals surface area contributed by atoms with Gasteiger partial charge < -0.3 is 20.2 Å². The number of aryl methyl sites for hydroxylation is 1. The Morgan fingerprint density at radius 2 is 1.77 bits per heavy atom. The van der Waals surface area contributed by atoms with Crippen molar-refractivity contribution in [3.8, 4) is 0 Å². The Bertz CT molecular complexity index is 1950. The van der Waals surface area contributed by atoms with Gasteiger partial charge in [-0.25, -0.2) is 9.18 Å². The molecule has 1 fully saturated rings. The number of hydrogen-bond donors (Lipinski definition) is 2. The van der Waals surface area contributed by atoms with E-state index in [1.54, 1.807) is 43.3 Å². The zero-order chi connectivity index (χ0) is 34.4. The highest BCUT2D eigenvalue weighted by Gasteiger charge is 2.47. The first-order valence-electron chi connectivity index (χ1n) is 15.5. The fourth-order valence-electron chi connectivity index (χ4n) is 6.63. The molecule has 2 aromatic heterocycles. The summed E-state index contributed by atoms with van der Waals surface area (Å²) in [5.41, 5.74) is 6.94.